The van der Waals surface area contributed by atoms with Crippen LogP contribution in [0.5, 0.6) is 5.75 Å². The topological polar surface area (TPSA) is 111 Å². The summed E-state index contributed by atoms with van der Waals surface area (Å²) >= 11 is 0. The van der Waals surface area contributed by atoms with Crippen molar-refractivity contribution in [3.63, 3.8) is 0 Å². The lowest BCUT2D eigenvalue weighted by Crippen LogP contribution is -2.26. The van der Waals surface area contributed by atoms with Crippen LogP contribution in [0.15, 0.2) is 84.9 Å². The number of methoxy groups -OCH3 is 1. The number of fused-ring (bicyclic) bond motifs is 1. The number of carbonyl (C=O) groups excluding carboxylic acids is 1. The van der Waals surface area contributed by atoms with E-state index in [1.165, 1.54) is 0 Å². The Morgan fingerprint density at radius 2 is 1.73 bits per heavy atom. The Balaban J connectivity index is 1.25. The van der Waals surface area contributed by atoms with Gasteiger partial charge in [-0.1, -0.05) is 73.7 Å². The fraction of sp³-hybridized carbons (Fsp3) is 0.229. The van der Waals surface area contributed by atoms with E-state index in [-0.39, 0.29) is 5.91 Å². The van der Waals surface area contributed by atoms with Crippen molar-refractivity contribution in [3.8, 4) is 28.3 Å². The quantitative estimate of drug-likeness (QED) is 0.188. The molecule has 4 aromatic carbocycles. The fourth-order valence-corrected chi connectivity index (χ4v) is 5.66. The first-order chi connectivity index (χ1) is 21.6. The van der Waals surface area contributed by atoms with Gasteiger partial charge in [-0.3, -0.25) is 4.79 Å². The third kappa shape index (κ3) is 5.94. The molecule has 0 aliphatic rings. The summed E-state index contributed by atoms with van der Waals surface area (Å²) in [6.07, 6.45) is 2.51. The van der Waals surface area contributed by atoms with Crippen LogP contribution in [-0.2, 0) is 19.4 Å². The second-order valence-corrected chi connectivity index (χ2v) is 10.8. The van der Waals surface area contributed by atoms with Crippen LogP contribution in [0.2, 0.25) is 0 Å². The Kier molecular flexibility index (Phi) is 8.45. The lowest BCUT2D eigenvalue weighted by molar-refractivity contribution is 0.0954. The van der Waals surface area contributed by atoms with Crippen LogP contribution in [0.25, 0.3) is 33.5 Å². The average Bonchev–Trinajstić information content (AvgIpc) is 3.71. The van der Waals surface area contributed by atoms with Crippen molar-refractivity contribution in [1.82, 2.24) is 35.5 Å². The van der Waals surface area contributed by atoms with E-state index in [1.807, 2.05) is 61.5 Å². The van der Waals surface area contributed by atoms with Gasteiger partial charge < -0.3 is 14.6 Å². The van der Waals surface area contributed by atoms with Crippen LogP contribution >= 0.6 is 0 Å². The molecule has 0 aliphatic carbocycles. The van der Waals surface area contributed by atoms with Crippen molar-refractivity contribution in [1.29, 1.82) is 0 Å². The number of benzene rings is 4. The van der Waals surface area contributed by atoms with Crippen LogP contribution < -0.4 is 10.1 Å². The molecule has 0 saturated heterocycles. The largest absolute Gasteiger partial charge is 0.496 e. The predicted molar refractivity (Wildman–Crippen MR) is 172 cm³/mol. The Morgan fingerprint density at radius 1 is 0.955 bits per heavy atom. The highest BCUT2D eigenvalue weighted by Gasteiger charge is 2.17. The molecule has 2 aromatic heterocycles. The van der Waals surface area contributed by atoms with E-state index >= 15 is 0 Å². The zero-order valence-electron chi connectivity index (χ0n) is 25.2. The molecule has 9 nitrogen and oxygen atoms in total. The molecule has 1 amide bonds. The zero-order chi connectivity index (χ0) is 30.5. The number of tetrazole rings is 1. The van der Waals surface area contributed by atoms with Crippen molar-refractivity contribution in [2.75, 3.05) is 13.7 Å². The summed E-state index contributed by atoms with van der Waals surface area (Å²) in [4.78, 5) is 18.3. The molecule has 2 N–H and O–H groups in total. The lowest BCUT2D eigenvalue weighted by Gasteiger charge is -2.12. The average molecular weight is 586 g/mol. The Labute approximate surface area is 256 Å². The summed E-state index contributed by atoms with van der Waals surface area (Å²) in [7, 11) is 1.66. The highest BCUT2D eigenvalue weighted by molar-refractivity contribution is 5.98. The summed E-state index contributed by atoms with van der Waals surface area (Å²) in [6.45, 7) is 5.35. The third-order valence-electron chi connectivity index (χ3n) is 7.85. The summed E-state index contributed by atoms with van der Waals surface area (Å²) in [5.74, 6) is 2.31. The van der Waals surface area contributed by atoms with Crippen molar-refractivity contribution >= 4 is 16.9 Å². The number of hydrogen-bond acceptors (Lipinski definition) is 6. The summed E-state index contributed by atoms with van der Waals surface area (Å²) in [6, 6.07) is 28.4. The molecule has 6 rings (SSSR count). The molecule has 0 spiro atoms. The molecule has 0 fully saturated rings. The monoisotopic (exact) mass is 585 g/mol. The van der Waals surface area contributed by atoms with Gasteiger partial charge in [0.25, 0.3) is 5.91 Å². The number of aromatic nitrogens is 6. The fourth-order valence-electron chi connectivity index (χ4n) is 5.66. The van der Waals surface area contributed by atoms with Gasteiger partial charge in [-0.15, -0.1) is 10.2 Å². The lowest BCUT2D eigenvalue weighted by atomic mass is 9.98. The molecule has 0 atom stereocenters. The second kappa shape index (κ2) is 12.9. The minimum Gasteiger partial charge on any atom is -0.496 e. The molecule has 44 heavy (non-hydrogen) atoms. The molecule has 222 valence electrons. The standard InChI is InChI=1S/C35H35N7O2/c1-4-9-32-37-33-23(2)20-27(35(43)36-19-18-26-10-5-8-13-31(26)44-3)21-30(33)42(32)22-24-14-16-25(17-15-24)28-11-6-7-12-29(28)34-38-40-41-39-34/h5-8,10-17,20-21H,4,9,18-19,22H2,1-3H3,(H,36,43)(H,38,39,40,41). The Hall–Kier alpha value is -5.31. The smallest absolute Gasteiger partial charge is 0.251 e. The van der Waals surface area contributed by atoms with Crippen molar-refractivity contribution in [3.05, 3.63) is 113 Å². The third-order valence-corrected chi connectivity index (χ3v) is 7.85. The van der Waals surface area contributed by atoms with Crippen LogP contribution in [0.1, 0.15) is 46.2 Å². The number of nitrogens with one attached hydrogen (secondary N) is 2. The van der Waals surface area contributed by atoms with E-state index < -0.39 is 0 Å². The molecule has 0 bridgehead atoms. The molecular weight excluding hydrogens is 550 g/mol. The van der Waals surface area contributed by atoms with E-state index in [0.717, 1.165) is 68.8 Å². The highest BCUT2D eigenvalue weighted by Crippen LogP contribution is 2.30. The van der Waals surface area contributed by atoms with Crippen LogP contribution in [0, 0.1) is 6.92 Å². The Bertz CT molecular complexity index is 1890. The highest BCUT2D eigenvalue weighted by atomic mass is 16.5. The van der Waals surface area contributed by atoms with Gasteiger partial charge in [0.1, 0.15) is 11.6 Å². The van der Waals surface area contributed by atoms with Crippen molar-refractivity contribution in [2.45, 2.75) is 39.7 Å². The number of amides is 1. The maximum Gasteiger partial charge on any atom is 0.251 e. The molecule has 6 aromatic rings. The number of rotatable bonds is 11. The molecule has 0 aliphatic heterocycles. The Morgan fingerprint density at radius 3 is 2.48 bits per heavy atom. The SMILES string of the molecule is CCCc1nc2c(C)cc(C(=O)NCCc3ccccc3OC)cc2n1Cc1ccc(-c2ccccc2-c2nn[nH]n2)cc1. The number of carbonyl (C=O) groups is 1. The van der Waals surface area contributed by atoms with E-state index in [0.29, 0.717) is 30.9 Å². The van der Waals surface area contributed by atoms with Gasteiger partial charge in [0.05, 0.1) is 18.1 Å². The predicted octanol–water partition coefficient (Wildman–Crippen LogP) is 6.17. The summed E-state index contributed by atoms with van der Waals surface area (Å²) < 4.78 is 7.70. The molecule has 0 unspecified atom stereocenters. The maximum absolute atomic E-state index is 13.3. The zero-order valence-corrected chi connectivity index (χ0v) is 25.2. The van der Waals surface area contributed by atoms with Gasteiger partial charge in [0, 0.05) is 30.6 Å². The van der Waals surface area contributed by atoms with Gasteiger partial charge >= 0.3 is 0 Å². The van der Waals surface area contributed by atoms with Crippen molar-refractivity contribution < 1.29 is 9.53 Å². The van der Waals surface area contributed by atoms with E-state index in [2.05, 4.69) is 67.8 Å². The summed E-state index contributed by atoms with van der Waals surface area (Å²) in [5, 5.41) is 17.7. The molecule has 0 saturated carbocycles. The van der Waals surface area contributed by atoms with Crippen LogP contribution in [0.4, 0.5) is 0 Å². The van der Waals surface area contributed by atoms with Gasteiger partial charge in [0.15, 0.2) is 0 Å². The van der Waals surface area contributed by atoms with Crippen LogP contribution in [0.3, 0.4) is 0 Å². The molecule has 2 heterocycles. The van der Waals surface area contributed by atoms with Crippen LogP contribution in [-0.4, -0.2) is 49.7 Å². The number of para-hydroxylation sites is 1. The minimum atomic E-state index is -0.0979. The molecule has 0 radical (unpaired) electrons. The normalized spacial score (nSPS) is 11.2. The van der Waals surface area contributed by atoms with Crippen molar-refractivity contribution in [2.24, 2.45) is 0 Å². The maximum atomic E-state index is 13.3. The van der Waals surface area contributed by atoms with Gasteiger partial charge in [-0.25, -0.2) is 4.98 Å². The number of ether oxygens (including phenoxy) is 1. The van der Waals surface area contributed by atoms with E-state index in [1.54, 1.807) is 7.11 Å². The number of aromatic amines is 1. The van der Waals surface area contributed by atoms with E-state index in [4.69, 9.17) is 9.72 Å². The number of nitrogens with zero attached hydrogens (tertiary/aromatic N) is 5. The molecular formula is C35H35N7O2. The second-order valence-electron chi connectivity index (χ2n) is 10.8. The van der Waals surface area contributed by atoms with Gasteiger partial charge in [0.2, 0.25) is 5.82 Å². The van der Waals surface area contributed by atoms with Gasteiger partial charge in [-0.2, -0.15) is 5.21 Å². The number of aryl methyl sites for hydroxylation is 2. The van der Waals surface area contributed by atoms with Gasteiger partial charge in [-0.05, 0) is 71.0 Å². The number of H-pyrrole nitrogens is 1. The number of imidazole rings is 1. The summed E-state index contributed by atoms with van der Waals surface area (Å²) in [5.41, 5.74) is 8.76. The first kappa shape index (κ1) is 28.8. The first-order valence-corrected chi connectivity index (χ1v) is 14.9. The number of hydrogen-bond donors (Lipinski definition) is 2. The first-order valence-electron chi connectivity index (χ1n) is 14.9. The minimum absolute atomic E-state index is 0.0979. The van der Waals surface area contributed by atoms with E-state index in [9.17, 15) is 4.79 Å². The molecule has 9 heteroatoms.